The number of fused-ring (bicyclic) bond motifs is 1. The van der Waals surface area contributed by atoms with Gasteiger partial charge in [-0.3, -0.25) is 0 Å². The molecule has 2 amide bonds. The molecule has 2 aliphatic rings. The Hall–Kier alpha value is -2.75. The molecular weight excluding hydrogens is 444 g/mol. The van der Waals surface area contributed by atoms with E-state index in [9.17, 15) is 4.79 Å². The first kappa shape index (κ1) is 25.3. The average molecular weight is 483 g/mol. The highest BCUT2D eigenvalue weighted by Crippen LogP contribution is 2.43. The van der Waals surface area contributed by atoms with E-state index in [1.165, 1.54) is 0 Å². The summed E-state index contributed by atoms with van der Waals surface area (Å²) < 4.78 is 12.1. The molecule has 4 rings (SSSR count). The maximum Gasteiger partial charge on any atom is 0.319 e. The van der Waals surface area contributed by atoms with Gasteiger partial charge in [-0.15, -0.1) is 0 Å². The van der Waals surface area contributed by atoms with Crippen LogP contribution in [-0.4, -0.2) is 73.4 Å². The highest BCUT2D eigenvalue weighted by molar-refractivity contribution is 5.89. The third-order valence-electron chi connectivity index (χ3n) is 6.91. The molecule has 2 N–H and O–H groups in total. The van der Waals surface area contributed by atoms with Crippen molar-refractivity contribution >= 4 is 17.5 Å². The number of benzene rings is 1. The van der Waals surface area contributed by atoms with Crippen molar-refractivity contribution in [1.82, 2.24) is 20.2 Å². The molecule has 9 heteroatoms. The molecule has 2 aromatic rings. The van der Waals surface area contributed by atoms with Gasteiger partial charge in [-0.05, 0) is 65.0 Å². The van der Waals surface area contributed by atoms with Crippen LogP contribution in [-0.2, 0) is 21.7 Å². The fourth-order valence-electron chi connectivity index (χ4n) is 4.54. The lowest BCUT2D eigenvalue weighted by Gasteiger charge is -2.35. The number of morpholine rings is 1. The van der Waals surface area contributed by atoms with Gasteiger partial charge >= 0.3 is 6.03 Å². The van der Waals surface area contributed by atoms with Gasteiger partial charge in [0.2, 0.25) is 0 Å². The molecule has 0 spiro atoms. The van der Waals surface area contributed by atoms with Crippen LogP contribution in [0.3, 0.4) is 0 Å². The summed E-state index contributed by atoms with van der Waals surface area (Å²) in [6.45, 7) is 13.5. The topological polar surface area (TPSA) is 91.9 Å². The molecule has 2 aliphatic heterocycles. The van der Waals surface area contributed by atoms with Gasteiger partial charge in [0.25, 0.3) is 0 Å². The molecule has 1 saturated heterocycles. The van der Waals surface area contributed by atoms with Crippen molar-refractivity contribution in [2.45, 2.75) is 52.4 Å². The van der Waals surface area contributed by atoms with Crippen molar-refractivity contribution in [2.75, 3.05) is 56.7 Å². The second-order valence-corrected chi connectivity index (χ2v) is 9.54. The summed E-state index contributed by atoms with van der Waals surface area (Å²) in [5.74, 6) is 1.61. The number of urea groups is 1. The number of hydrogen-bond acceptors (Lipinski definition) is 7. The van der Waals surface area contributed by atoms with E-state index < -0.39 is 5.60 Å². The van der Waals surface area contributed by atoms with Crippen LogP contribution in [0.15, 0.2) is 24.3 Å². The maximum absolute atomic E-state index is 11.9. The van der Waals surface area contributed by atoms with Crippen molar-refractivity contribution in [1.29, 1.82) is 0 Å². The normalized spacial score (nSPS) is 21.8. The second-order valence-electron chi connectivity index (χ2n) is 9.54. The van der Waals surface area contributed by atoms with Crippen LogP contribution in [0.4, 0.5) is 16.3 Å². The molecule has 35 heavy (non-hydrogen) atoms. The molecule has 3 heterocycles. The summed E-state index contributed by atoms with van der Waals surface area (Å²) >= 11 is 0. The first-order valence-corrected chi connectivity index (χ1v) is 12.6. The number of amides is 2. The average Bonchev–Trinajstić information content (AvgIpc) is 3.20. The van der Waals surface area contributed by atoms with E-state index in [0.29, 0.717) is 32.2 Å². The molecular formula is C26H38N6O3. The number of aromatic nitrogens is 2. The van der Waals surface area contributed by atoms with Crippen LogP contribution in [0.5, 0.6) is 0 Å². The van der Waals surface area contributed by atoms with Crippen LogP contribution >= 0.6 is 0 Å². The lowest BCUT2D eigenvalue weighted by Crippen LogP contribution is -2.44. The largest absolute Gasteiger partial charge is 0.377 e. The number of hydrogen-bond donors (Lipinski definition) is 2. The van der Waals surface area contributed by atoms with E-state index in [1.54, 1.807) is 0 Å². The Kier molecular flexibility index (Phi) is 7.88. The minimum Gasteiger partial charge on any atom is -0.377 e. The summed E-state index contributed by atoms with van der Waals surface area (Å²) in [6, 6.07) is 7.66. The van der Waals surface area contributed by atoms with Gasteiger partial charge in [0, 0.05) is 36.4 Å². The van der Waals surface area contributed by atoms with E-state index in [4.69, 9.17) is 19.4 Å². The number of nitrogens with one attached hydrogen (secondary N) is 2. The monoisotopic (exact) mass is 482 g/mol. The molecule has 0 bridgehead atoms. The minimum atomic E-state index is -0.472. The summed E-state index contributed by atoms with van der Waals surface area (Å²) in [7, 11) is 2.13. The second kappa shape index (κ2) is 10.9. The van der Waals surface area contributed by atoms with E-state index in [1.807, 2.05) is 31.2 Å². The van der Waals surface area contributed by atoms with Crippen molar-refractivity contribution in [2.24, 2.45) is 0 Å². The van der Waals surface area contributed by atoms with E-state index in [2.05, 4.69) is 48.3 Å². The molecule has 9 nitrogen and oxygen atoms in total. The Morgan fingerprint density at radius 1 is 1.26 bits per heavy atom. The zero-order chi connectivity index (χ0) is 25.0. The van der Waals surface area contributed by atoms with Gasteiger partial charge < -0.3 is 29.9 Å². The molecule has 0 radical (unpaired) electrons. The SMILES string of the molecule is CCNC(=O)Nc1ccc(-c2nc(N3CCOC[C@@H]3C)c3c(n2)C(C)(CCN(C)CC)OC3)cc1. The molecule has 190 valence electrons. The third-order valence-corrected chi connectivity index (χ3v) is 6.91. The highest BCUT2D eigenvalue weighted by atomic mass is 16.5. The van der Waals surface area contributed by atoms with Crippen LogP contribution in [0.2, 0.25) is 0 Å². The zero-order valence-corrected chi connectivity index (χ0v) is 21.6. The smallest absolute Gasteiger partial charge is 0.319 e. The zero-order valence-electron chi connectivity index (χ0n) is 21.6. The van der Waals surface area contributed by atoms with Gasteiger partial charge in [-0.2, -0.15) is 0 Å². The van der Waals surface area contributed by atoms with Crippen LogP contribution in [0, 0.1) is 0 Å². The number of carbonyl (C=O) groups is 1. The molecule has 2 atom stereocenters. The number of ether oxygens (including phenoxy) is 2. The van der Waals surface area contributed by atoms with Crippen molar-refractivity contribution in [3.05, 3.63) is 35.5 Å². The van der Waals surface area contributed by atoms with E-state index >= 15 is 0 Å². The fraction of sp³-hybridized carbons (Fsp3) is 0.577. The van der Waals surface area contributed by atoms with Crippen LogP contribution in [0.1, 0.15) is 45.4 Å². The predicted octanol–water partition coefficient (Wildman–Crippen LogP) is 3.60. The molecule has 1 unspecified atom stereocenters. The summed E-state index contributed by atoms with van der Waals surface area (Å²) in [4.78, 5) is 26.6. The lowest BCUT2D eigenvalue weighted by molar-refractivity contribution is -0.0360. The summed E-state index contributed by atoms with van der Waals surface area (Å²) in [5, 5.41) is 5.58. The Morgan fingerprint density at radius 2 is 2.03 bits per heavy atom. The van der Waals surface area contributed by atoms with Gasteiger partial charge in [0.05, 0.1) is 31.6 Å². The summed E-state index contributed by atoms with van der Waals surface area (Å²) in [5.41, 5.74) is 3.21. The van der Waals surface area contributed by atoms with Gasteiger partial charge in [0.15, 0.2) is 5.82 Å². The van der Waals surface area contributed by atoms with Crippen molar-refractivity contribution in [3.63, 3.8) is 0 Å². The third kappa shape index (κ3) is 5.58. The minimum absolute atomic E-state index is 0.220. The Bertz CT molecular complexity index is 1030. The van der Waals surface area contributed by atoms with Gasteiger partial charge in [-0.25, -0.2) is 14.8 Å². The van der Waals surface area contributed by atoms with Crippen molar-refractivity contribution in [3.8, 4) is 11.4 Å². The number of nitrogens with zero attached hydrogens (tertiary/aromatic N) is 4. The van der Waals surface area contributed by atoms with E-state index in [0.717, 1.165) is 54.4 Å². The standard InChI is InChI=1S/C26H38N6O3/c1-6-27-25(33)28-20-10-8-19(9-11-20)23-29-22-21(17-35-26(22,4)12-13-31(5)7-2)24(30-23)32-14-15-34-16-18(32)3/h8-11,18H,6-7,12-17H2,1-5H3,(H2,27,28,33)/t18-,26?/m0/s1. The molecule has 1 fully saturated rings. The highest BCUT2D eigenvalue weighted by Gasteiger charge is 2.41. The maximum atomic E-state index is 11.9. The van der Waals surface area contributed by atoms with Crippen LogP contribution in [0.25, 0.3) is 11.4 Å². The lowest BCUT2D eigenvalue weighted by atomic mass is 9.95. The fourth-order valence-corrected chi connectivity index (χ4v) is 4.54. The number of carbonyl (C=O) groups excluding carboxylic acids is 1. The number of anilines is 2. The first-order valence-electron chi connectivity index (χ1n) is 12.6. The molecule has 1 aromatic carbocycles. The van der Waals surface area contributed by atoms with E-state index in [-0.39, 0.29) is 12.1 Å². The molecule has 1 aromatic heterocycles. The van der Waals surface area contributed by atoms with Crippen molar-refractivity contribution < 1.29 is 14.3 Å². The van der Waals surface area contributed by atoms with Gasteiger partial charge in [0.1, 0.15) is 11.4 Å². The quantitative estimate of drug-likeness (QED) is 0.594. The molecule has 0 saturated carbocycles. The Balaban J connectivity index is 1.70. The Morgan fingerprint density at radius 3 is 2.71 bits per heavy atom. The predicted molar refractivity (Wildman–Crippen MR) is 138 cm³/mol. The Labute approximate surface area is 208 Å². The summed E-state index contributed by atoms with van der Waals surface area (Å²) in [6.07, 6.45) is 0.855. The van der Waals surface area contributed by atoms with Crippen LogP contribution < -0.4 is 15.5 Å². The number of rotatable bonds is 8. The van der Waals surface area contributed by atoms with Gasteiger partial charge in [-0.1, -0.05) is 6.92 Å². The first-order chi connectivity index (χ1) is 16.8. The molecule has 0 aliphatic carbocycles.